The van der Waals surface area contributed by atoms with Crippen LogP contribution in [0.2, 0.25) is 0 Å². The Labute approximate surface area is 231 Å². The Kier molecular flexibility index (Phi) is 10.2. The zero-order valence-electron chi connectivity index (χ0n) is 21.1. The van der Waals surface area contributed by atoms with Crippen LogP contribution in [0.3, 0.4) is 0 Å². The molecule has 4 aromatic rings. The first kappa shape index (κ1) is 27.4. The van der Waals surface area contributed by atoms with Crippen LogP contribution in [0, 0.1) is 0 Å². The van der Waals surface area contributed by atoms with E-state index in [0.717, 1.165) is 44.0 Å². The van der Waals surface area contributed by atoms with Gasteiger partial charge >= 0.3 is 0 Å². The first-order valence-corrected chi connectivity index (χ1v) is 14.8. The molecule has 1 heterocycles. The second-order valence-electron chi connectivity index (χ2n) is 9.15. The van der Waals surface area contributed by atoms with Crippen molar-refractivity contribution in [2.24, 2.45) is 0 Å². The first-order valence-electron chi connectivity index (χ1n) is 12.9. The summed E-state index contributed by atoms with van der Waals surface area (Å²) in [6.45, 7) is 1.85. The van der Waals surface area contributed by atoms with Gasteiger partial charge in [0.05, 0.1) is 12.8 Å². The van der Waals surface area contributed by atoms with E-state index in [0.29, 0.717) is 6.79 Å². The molecule has 1 aliphatic heterocycles. The van der Waals surface area contributed by atoms with Crippen LogP contribution in [0.4, 0.5) is 0 Å². The predicted octanol–water partition coefficient (Wildman–Crippen LogP) is 3.14. The number of ether oxygens (including phenoxy) is 3. The predicted molar refractivity (Wildman–Crippen MR) is 151 cm³/mol. The minimum absolute atomic E-state index is 0. The maximum absolute atomic E-state index is 5.98. The maximum atomic E-state index is 5.98. The molecule has 1 aliphatic rings. The van der Waals surface area contributed by atoms with Crippen molar-refractivity contribution in [3.05, 3.63) is 115 Å². The molecule has 5 heteroatoms. The monoisotopic (exact) mass is 576 g/mol. The summed E-state index contributed by atoms with van der Waals surface area (Å²) in [6.07, 6.45) is 5.49. The number of unbranched alkanes of at least 4 members (excludes halogenated alkanes) is 2. The zero-order valence-corrected chi connectivity index (χ0v) is 23.6. The van der Waals surface area contributed by atoms with Gasteiger partial charge in [0.2, 0.25) is 6.79 Å². The van der Waals surface area contributed by atoms with Crippen LogP contribution in [0.25, 0.3) is 0 Å². The van der Waals surface area contributed by atoms with Gasteiger partial charge in [0, 0.05) is 6.61 Å². The third kappa shape index (κ3) is 6.62. The topological polar surface area (TPSA) is 27.7 Å². The van der Waals surface area contributed by atoms with Crippen molar-refractivity contribution in [3.8, 4) is 11.5 Å². The average Bonchev–Trinajstić information content (AvgIpc) is 3.42. The van der Waals surface area contributed by atoms with Gasteiger partial charge in [-0.2, -0.15) is 0 Å². The third-order valence-electron chi connectivity index (χ3n) is 6.85. The van der Waals surface area contributed by atoms with Crippen LogP contribution in [0.5, 0.6) is 11.5 Å². The second-order valence-corrected chi connectivity index (χ2v) is 12.8. The number of benzene rings is 4. The third-order valence-corrected chi connectivity index (χ3v) is 11.4. The molecule has 37 heavy (non-hydrogen) atoms. The van der Waals surface area contributed by atoms with E-state index in [4.69, 9.17) is 14.2 Å². The van der Waals surface area contributed by atoms with Crippen molar-refractivity contribution in [2.75, 3.05) is 26.2 Å². The summed E-state index contributed by atoms with van der Waals surface area (Å²) >= 11 is 0. The molecule has 0 saturated heterocycles. The smallest absolute Gasteiger partial charge is 0.231 e. The van der Waals surface area contributed by atoms with Crippen LogP contribution in [0.15, 0.2) is 109 Å². The molecule has 0 amide bonds. The molecule has 0 saturated carbocycles. The van der Waals surface area contributed by atoms with Crippen LogP contribution < -0.4 is 42.4 Å². The Morgan fingerprint density at radius 1 is 0.595 bits per heavy atom. The van der Waals surface area contributed by atoms with Gasteiger partial charge in [-0.15, -0.1) is 0 Å². The van der Waals surface area contributed by atoms with Gasteiger partial charge in [-0.25, -0.2) is 0 Å². The normalized spacial score (nSPS) is 12.2. The van der Waals surface area contributed by atoms with Crippen molar-refractivity contribution in [2.45, 2.75) is 25.7 Å². The average molecular weight is 577 g/mol. The van der Waals surface area contributed by atoms with E-state index in [1.165, 1.54) is 34.1 Å². The van der Waals surface area contributed by atoms with Crippen LogP contribution in [-0.4, -0.2) is 26.2 Å². The molecule has 0 atom stereocenters. The molecule has 0 radical (unpaired) electrons. The van der Waals surface area contributed by atoms with Gasteiger partial charge in [-0.05, 0) is 79.8 Å². The van der Waals surface area contributed by atoms with Gasteiger partial charge in [-0.1, -0.05) is 60.7 Å². The van der Waals surface area contributed by atoms with E-state index in [1.807, 2.05) is 6.07 Å². The van der Waals surface area contributed by atoms with E-state index >= 15 is 0 Å². The quantitative estimate of drug-likeness (QED) is 0.191. The van der Waals surface area contributed by atoms with Crippen LogP contribution >= 0.6 is 7.26 Å². The first-order chi connectivity index (χ1) is 17.9. The standard InChI is InChI=1S/C32H34O3P.BrH/c1-5-13-28(14-6-1)36(29-15-7-2-8-16-29,30-17-9-3-10-18-30)24-12-4-11-22-33-23-21-27-19-20-31-32(25-27)35-26-34-31;/h1-3,5-10,13-20,25H,4,11-12,21-24,26H2;1H/q+1;/p-1. The summed E-state index contributed by atoms with van der Waals surface area (Å²) in [5.41, 5.74) is 1.22. The molecule has 0 spiro atoms. The molecular weight excluding hydrogens is 543 g/mol. The summed E-state index contributed by atoms with van der Waals surface area (Å²) in [6, 6.07) is 39.6. The molecule has 0 unspecified atom stereocenters. The van der Waals surface area contributed by atoms with Crippen molar-refractivity contribution < 1.29 is 31.2 Å². The highest BCUT2D eigenvalue weighted by atomic mass is 79.9. The number of fused-ring (bicyclic) bond motifs is 1. The Morgan fingerprint density at radius 3 is 1.76 bits per heavy atom. The van der Waals surface area contributed by atoms with Crippen molar-refractivity contribution in [1.82, 2.24) is 0 Å². The van der Waals surface area contributed by atoms with E-state index in [1.54, 1.807) is 0 Å². The fourth-order valence-electron chi connectivity index (χ4n) is 5.00. The van der Waals surface area contributed by atoms with Gasteiger partial charge in [0.15, 0.2) is 11.5 Å². The molecular formula is C32H34BrO3P. The molecule has 0 N–H and O–H groups in total. The lowest BCUT2D eigenvalue weighted by Crippen LogP contribution is -3.00. The summed E-state index contributed by atoms with van der Waals surface area (Å²) in [4.78, 5) is 0. The van der Waals surface area contributed by atoms with E-state index in [-0.39, 0.29) is 17.0 Å². The van der Waals surface area contributed by atoms with E-state index in [9.17, 15) is 0 Å². The lowest BCUT2D eigenvalue weighted by molar-refractivity contribution is -0.00000942. The lowest BCUT2D eigenvalue weighted by atomic mass is 10.1. The number of rotatable bonds is 12. The minimum Gasteiger partial charge on any atom is -1.00 e. The summed E-state index contributed by atoms with van der Waals surface area (Å²) in [7, 11) is -1.72. The molecule has 5 rings (SSSR count). The van der Waals surface area contributed by atoms with E-state index in [2.05, 4.69) is 103 Å². The molecule has 0 fully saturated rings. The Hall–Kier alpha value is -2.65. The fourth-order valence-corrected chi connectivity index (χ4v) is 9.41. The number of hydrogen-bond acceptors (Lipinski definition) is 3. The van der Waals surface area contributed by atoms with Gasteiger partial charge in [-0.3, -0.25) is 0 Å². The Bertz CT molecular complexity index is 1120. The lowest BCUT2D eigenvalue weighted by Gasteiger charge is -2.27. The number of halogens is 1. The summed E-state index contributed by atoms with van der Waals surface area (Å²) < 4.78 is 16.8. The summed E-state index contributed by atoms with van der Waals surface area (Å²) in [5.74, 6) is 1.68. The highest BCUT2D eigenvalue weighted by molar-refractivity contribution is 7.95. The molecule has 3 nitrogen and oxygen atoms in total. The molecule has 4 aromatic carbocycles. The van der Waals surface area contributed by atoms with Crippen LogP contribution in [-0.2, 0) is 11.2 Å². The Morgan fingerprint density at radius 2 is 1.16 bits per heavy atom. The fraction of sp³-hybridized carbons (Fsp3) is 0.250. The van der Waals surface area contributed by atoms with Gasteiger partial charge in [0.25, 0.3) is 0 Å². The summed E-state index contributed by atoms with van der Waals surface area (Å²) in [5, 5.41) is 4.38. The zero-order chi connectivity index (χ0) is 24.5. The number of hydrogen-bond donors (Lipinski definition) is 0. The van der Waals surface area contributed by atoms with Crippen molar-refractivity contribution in [1.29, 1.82) is 0 Å². The molecule has 0 bridgehead atoms. The van der Waals surface area contributed by atoms with Crippen molar-refractivity contribution in [3.63, 3.8) is 0 Å². The Balaban J connectivity index is 0.00000320. The molecule has 0 aliphatic carbocycles. The molecule has 0 aromatic heterocycles. The van der Waals surface area contributed by atoms with Crippen LogP contribution in [0.1, 0.15) is 24.8 Å². The van der Waals surface area contributed by atoms with Crippen molar-refractivity contribution >= 4 is 23.2 Å². The molecule has 192 valence electrons. The van der Waals surface area contributed by atoms with Gasteiger partial charge in [0.1, 0.15) is 23.2 Å². The highest BCUT2D eigenvalue weighted by Crippen LogP contribution is 2.55. The van der Waals surface area contributed by atoms with Gasteiger partial charge < -0.3 is 31.2 Å². The van der Waals surface area contributed by atoms with E-state index < -0.39 is 7.26 Å². The second kappa shape index (κ2) is 13.8. The minimum atomic E-state index is -1.72. The SMILES string of the molecule is [Br-].c1ccc([P+](CCCCCOCCc2ccc3c(c2)OCO3)(c2ccccc2)c2ccccc2)cc1. The maximum Gasteiger partial charge on any atom is 0.231 e. The largest absolute Gasteiger partial charge is 1.00 e. The highest BCUT2D eigenvalue weighted by Gasteiger charge is 2.44.